The second-order valence-corrected chi connectivity index (χ2v) is 12.0. The summed E-state index contributed by atoms with van der Waals surface area (Å²) >= 11 is 0. The van der Waals surface area contributed by atoms with Crippen LogP contribution in [0.2, 0.25) is 0 Å². The molecule has 4 aromatic carbocycles. The van der Waals surface area contributed by atoms with Gasteiger partial charge in [-0.05, 0) is 73.5 Å². The average Bonchev–Trinajstić information content (AvgIpc) is 3.03. The first-order chi connectivity index (χ1) is 21.7. The number of pyridine rings is 1. The second kappa shape index (κ2) is 14.0. The summed E-state index contributed by atoms with van der Waals surface area (Å²) < 4.78 is 39.2. The monoisotopic (exact) mass is 625 g/mol. The van der Waals surface area contributed by atoms with Crippen LogP contribution < -0.4 is 19.5 Å². The van der Waals surface area contributed by atoms with Crippen molar-refractivity contribution in [2.75, 3.05) is 18.5 Å². The van der Waals surface area contributed by atoms with E-state index in [0.717, 1.165) is 22.2 Å². The Balaban J connectivity index is 1.26. The lowest BCUT2D eigenvalue weighted by molar-refractivity contribution is -0.139. The normalized spacial score (nSPS) is 11.2. The number of aliphatic carboxylic acids is 1. The quantitative estimate of drug-likeness (QED) is 0.159. The summed E-state index contributed by atoms with van der Waals surface area (Å²) in [6.45, 7) is 1.58. The van der Waals surface area contributed by atoms with Gasteiger partial charge < -0.3 is 19.9 Å². The van der Waals surface area contributed by atoms with E-state index < -0.39 is 28.5 Å². The molecule has 0 saturated heterocycles. The van der Waals surface area contributed by atoms with Crippen molar-refractivity contribution in [2.24, 2.45) is 0 Å². The molecule has 10 nitrogen and oxygen atoms in total. The van der Waals surface area contributed by atoms with Crippen LogP contribution in [-0.4, -0.2) is 43.5 Å². The molecule has 0 atom stereocenters. The van der Waals surface area contributed by atoms with Gasteiger partial charge in [0.15, 0.2) is 6.61 Å². The molecular formula is C34H31N3O7S. The van der Waals surface area contributed by atoms with E-state index in [1.54, 1.807) is 66.7 Å². The Hall–Kier alpha value is -5.26. The van der Waals surface area contributed by atoms with Crippen LogP contribution in [-0.2, 0) is 27.8 Å². The molecule has 0 saturated carbocycles. The molecule has 1 amide bonds. The summed E-state index contributed by atoms with van der Waals surface area (Å²) in [5, 5.41) is 12.9. The molecule has 0 radical (unpaired) electrons. The largest absolute Gasteiger partial charge is 0.487 e. The van der Waals surface area contributed by atoms with Gasteiger partial charge in [0.25, 0.3) is 5.91 Å². The van der Waals surface area contributed by atoms with Crippen molar-refractivity contribution >= 4 is 38.5 Å². The number of amides is 1. The minimum absolute atomic E-state index is 0.102. The third kappa shape index (κ3) is 8.43. The number of benzene rings is 4. The zero-order valence-corrected chi connectivity index (χ0v) is 25.2. The van der Waals surface area contributed by atoms with Gasteiger partial charge in [-0.2, -0.15) is 0 Å². The fourth-order valence-corrected chi connectivity index (χ4v) is 5.53. The van der Waals surface area contributed by atoms with E-state index in [-0.39, 0.29) is 29.5 Å². The Morgan fingerprint density at radius 2 is 1.67 bits per heavy atom. The first-order valence-corrected chi connectivity index (χ1v) is 15.6. The van der Waals surface area contributed by atoms with E-state index >= 15 is 0 Å². The van der Waals surface area contributed by atoms with Gasteiger partial charge in [-0.1, -0.05) is 54.1 Å². The van der Waals surface area contributed by atoms with Crippen molar-refractivity contribution in [1.29, 1.82) is 0 Å². The number of sulfonamides is 1. The van der Waals surface area contributed by atoms with Crippen LogP contribution >= 0.6 is 0 Å². The summed E-state index contributed by atoms with van der Waals surface area (Å²) in [6.07, 6.45) is 0.305. The van der Waals surface area contributed by atoms with Gasteiger partial charge in [0.05, 0.1) is 21.8 Å². The number of anilines is 1. The molecular weight excluding hydrogens is 594 g/mol. The van der Waals surface area contributed by atoms with Crippen LogP contribution in [0.5, 0.6) is 11.5 Å². The van der Waals surface area contributed by atoms with E-state index in [2.05, 4.69) is 15.0 Å². The van der Waals surface area contributed by atoms with E-state index in [4.69, 9.17) is 14.6 Å². The van der Waals surface area contributed by atoms with Crippen LogP contribution in [0.25, 0.3) is 10.9 Å². The molecule has 1 heterocycles. The molecule has 0 fully saturated rings. The molecule has 11 heteroatoms. The number of carbonyl (C=O) groups is 2. The molecule has 1 aromatic heterocycles. The molecule has 5 aromatic rings. The minimum atomic E-state index is -3.70. The maximum Gasteiger partial charge on any atom is 0.341 e. The lowest BCUT2D eigenvalue weighted by Crippen LogP contribution is -2.26. The predicted molar refractivity (Wildman–Crippen MR) is 170 cm³/mol. The number of carbonyl (C=O) groups excluding carboxylic acids is 1. The number of para-hydroxylation sites is 1. The molecule has 5 rings (SSSR count). The van der Waals surface area contributed by atoms with E-state index in [9.17, 15) is 18.0 Å². The number of aromatic nitrogens is 1. The van der Waals surface area contributed by atoms with Gasteiger partial charge in [0, 0.05) is 17.5 Å². The van der Waals surface area contributed by atoms with Gasteiger partial charge in [-0.3, -0.25) is 4.79 Å². The number of hydrogen-bond donors (Lipinski definition) is 3. The van der Waals surface area contributed by atoms with Crippen molar-refractivity contribution in [2.45, 2.75) is 24.8 Å². The highest BCUT2D eigenvalue weighted by atomic mass is 32.2. The standard InChI is InChI=1S/C34H31N3O7S/c1-23-9-14-29(15-10-23)45(41,42)35-18-17-24-11-16-32(44-22-33(38)39)31(19-24)37-34(40)26-6-4-7-28(20-26)43-21-27-13-12-25-5-2-3-8-30(25)36-27/h2-16,19-20,35H,17-18,21-22H2,1H3,(H,37,40)(H,38,39). The smallest absolute Gasteiger partial charge is 0.341 e. The summed E-state index contributed by atoms with van der Waals surface area (Å²) in [5.74, 6) is -1.02. The molecule has 3 N–H and O–H groups in total. The van der Waals surface area contributed by atoms with Gasteiger partial charge in [0.1, 0.15) is 18.1 Å². The van der Waals surface area contributed by atoms with Crippen molar-refractivity contribution in [3.05, 3.63) is 126 Å². The number of rotatable bonds is 13. The van der Waals surface area contributed by atoms with Crippen LogP contribution in [0.15, 0.2) is 108 Å². The Morgan fingerprint density at radius 3 is 2.47 bits per heavy atom. The molecule has 0 aliphatic heterocycles. The Labute approximate surface area is 260 Å². The Kier molecular flexibility index (Phi) is 9.71. The molecule has 230 valence electrons. The number of aryl methyl sites for hydroxylation is 1. The summed E-state index contributed by atoms with van der Waals surface area (Å²) in [7, 11) is -3.70. The third-order valence-corrected chi connectivity index (χ3v) is 8.30. The van der Waals surface area contributed by atoms with Crippen LogP contribution in [0, 0.1) is 6.92 Å². The van der Waals surface area contributed by atoms with E-state index in [1.165, 1.54) is 0 Å². The summed E-state index contributed by atoms with van der Waals surface area (Å²) in [6, 6.07) is 29.7. The van der Waals surface area contributed by atoms with Gasteiger partial charge in [-0.15, -0.1) is 0 Å². The Bertz CT molecular complexity index is 1940. The highest BCUT2D eigenvalue weighted by Crippen LogP contribution is 2.27. The molecule has 0 aliphatic carbocycles. The predicted octanol–water partition coefficient (Wildman–Crippen LogP) is 5.36. The van der Waals surface area contributed by atoms with E-state index in [0.29, 0.717) is 23.3 Å². The summed E-state index contributed by atoms with van der Waals surface area (Å²) in [4.78, 5) is 29.2. The van der Waals surface area contributed by atoms with Gasteiger partial charge in [0.2, 0.25) is 10.0 Å². The van der Waals surface area contributed by atoms with Crippen molar-refractivity contribution in [3.8, 4) is 11.5 Å². The van der Waals surface area contributed by atoms with Crippen molar-refractivity contribution in [3.63, 3.8) is 0 Å². The number of carboxylic acid groups (broad SMARTS) is 1. The highest BCUT2D eigenvalue weighted by Gasteiger charge is 2.16. The minimum Gasteiger partial charge on any atom is -0.487 e. The maximum atomic E-state index is 13.3. The fourth-order valence-electron chi connectivity index (χ4n) is 4.49. The van der Waals surface area contributed by atoms with Crippen LogP contribution in [0.4, 0.5) is 5.69 Å². The first-order valence-electron chi connectivity index (χ1n) is 14.1. The second-order valence-electron chi connectivity index (χ2n) is 10.2. The van der Waals surface area contributed by atoms with Crippen molar-refractivity contribution in [1.82, 2.24) is 9.71 Å². The SMILES string of the molecule is Cc1ccc(S(=O)(=O)NCCc2ccc(OCC(=O)O)c(NC(=O)c3cccc(OCc4ccc5ccccc5n4)c3)c2)cc1. The zero-order chi connectivity index (χ0) is 31.8. The molecule has 0 unspecified atom stereocenters. The maximum absolute atomic E-state index is 13.3. The molecule has 0 aliphatic rings. The van der Waals surface area contributed by atoms with Gasteiger partial charge >= 0.3 is 5.97 Å². The average molecular weight is 626 g/mol. The van der Waals surface area contributed by atoms with Crippen LogP contribution in [0.1, 0.15) is 27.2 Å². The number of carboxylic acids is 1. The number of ether oxygens (including phenoxy) is 2. The molecule has 0 bridgehead atoms. The number of nitrogens with one attached hydrogen (secondary N) is 2. The lowest BCUT2D eigenvalue weighted by atomic mass is 10.1. The van der Waals surface area contributed by atoms with E-state index in [1.807, 2.05) is 43.3 Å². The topological polar surface area (TPSA) is 144 Å². The number of fused-ring (bicyclic) bond motifs is 1. The lowest BCUT2D eigenvalue weighted by Gasteiger charge is -2.14. The molecule has 0 spiro atoms. The Morgan fingerprint density at radius 1 is 0.867 bits per heavy atom. The highest BCUT2D eigenvalue weighted by molar-refractivity contribution is 7.89. The summed E-state index contributed by atoms with van der Waals surface area (Å²) in [5.41, 5.74) is 3.79. The number of hydrogen-bond acceptors (Lipinski definition) is 7. The number of nitrogens with zero attached hydrogens (tertiary/aromatic N) is 1. The van der Waals surface area contributed by atoms with Crippen LogP contribution in [0.3, 0.4) is 0 Å². The first kappa shape index (κ1) is 31.2. The van der Waals surface area contributed by atoms with Gasteiger partial charge in [-0.25, -0.2) is 22.9 Å². The zero-order valence-electron chi connectivity index (χ0n) is 24.4. The third-order valence-electron chi connectivity index (χ3n) is 6.82. The fraction of sp³-hybridized carbons (Fsp3) is 0.147. The van der Waals surface area contributed by atoms with Crippen molar-refractivity contribution < 1.29 is 32.6 Å². The molecule has 45 heavy (non-hydrogen) atoms.